The molecule has 2 aromatic carbocycles. The normalized spacial score (nSPS) is 10.9. The average molecular weight is 390 g/mol. The van der Waals surface area contributed by atoms with Crippen molar-refractivity contribution in [3.63, 3.8) is 0 Å². The molecule has 0 unspecified atom stereocenters. The van der Waals surface area contributed by atoms with Gasteiger partial charge in [-0.3, -0.25) is 10.1 Å². The van der Waals surface area contributed by atoms with E-state index in [1.54, 1.807) is 29.8 Å². The van der Waals surface area contributed by atoms with Gasteiger partial charge in [0, 0.05) is 11.6 Å². The molecule has 0 saturated heterocycles. The molecule has 2 aromatic heterocycles. The summed E-state index contributed by atoms with van der Waals surface area (Å²) in [5.41, 5.74) is 4.47. The van der Waals surface area contributed by atoms with E-state index in [9.17, 15) is 9.18 Å². The van der Waals surface area contributed by atoms with E-state index in [0.717, 1.165) is 12.0 Å². The smallest absolute Gasteiger partial charge is 0.261 e. The number of hydrogen-bond donors (Lipinski definition) is 1. The first-order valence-corrected chi connectivity index (χ1v) is 9.23. The summed E-state index contributed by atoms with van der Waals surface area (Å²) >= 11 is 0. The van der Waals surface area contributed by atoms with E-state index in [-0.39, 0.29) is 17.6 Å². The summed E-state index contributed by atoms with van der Waals surface area (Å²) in [6, 6.07) is 15.6. The minimum absolute atomic E-state index is 0.249. The summed E-state index contributed by atoms with van der Waals surface area (Å²) in [7, 11) is 0. The Morgan fingerprint density at radius 2 is 1.86 bits per heavy atom. The maximum Gasteiger partial charge on any atom is 0.261 e. The van der Waals surface area contributed by atoms with Crippen molar-refractivity contribution in [2.45, 2.75) is 20.3 Å². The molecule has 0 spiro atoms. The zero-order valence-electron chi connectivity index (χ0n) is 16.0. The van der Waals surface area contributed by atoms with Crippen LogP contribution in [-0.2, 0) is 6.42 Å². The van der Waals surface area contributed by atoms with Crippen LogP contribution in [0.5, 0.6) is 0 Å². The standard InChI is InChI=1S/C22H19FN4O2/c1-3-15-4-6-16(7-5-15)20-12-21(29-26-20)25-22(28)19-13-24-27(14(19)2)18-10-8-17(23)9-11-18/h4-13H,3H2,1-2H3,(H,25,28). The van der Waals surface area contributed by atoms with E-state index in [4.69, 9.17) is 4.52 Å². The predicted octanol–water partition coefficient (Wildman–Crippen LogP) is 4.79. The van der Waals surface area contributed by atoms with Crippen molar-refractivity contribution in [3.8, 4) is 16.9 Å². The molecule has 6 nitrogen and oxygen atoms in total. The molecule has 4 aromatic rings. The maximum atomic E-state index is 13.1. The van der Waals surface area contributed by atoms with Crippen LogP contribution in [-0.4, -0.2) is 20.8 Å². The Balaban J connectivity index is 1.51. The number of rotatable bonds is 5. The lowest BCUT2D eigenvalue weighted by Gasteiger charge is -2.05. The molecule has 146 valence electrons. The van der Waals surface area contributed by atoms with Crippen molar-refractivity contribution in [1.82, 2.24) is 14.9 Å². The summed E-state index contributed by atoms with van der Waals surface area (Å²) in [4.78, 5) is 12.7. The van der Waals surface area contributed by atoms with Gasteiger partial charge in [0.1, 0.15) is 11.5 Å². The van der Waals surface area contributed by atoms with E-state index in [1.807, 2.05) is 24.3 Å². The van der Waals surface area contributed by atoms with E-state index >= 15 is 0 Å². The summed E-state index contributed by atoms with van der Waals surface area (Å²) in [5, 5.41) is 11.0. The van der Waals surface area contributed by atoms with Gasteiger partial charge in [-0.25, -0.2) is 9.07 Å². The fraction of sp³-hybridized carbons (Fsp3) is 0.136. The van der Waals surface area contributed by atoms with E-state index in [0.29, 0.717) is 22.6 Å². The third-order valence-corrected chi connectivity index (χ3v) is 4.73. The molecule has 7 heteroatoms. The molecule has 4 rings (SSSR count). The van der Waals surface area contributed by atoms with Crippen molar-refractivity contribution >= 4 is 11.8 Å². The van der Waals surface area contributed by atoms with Gasteiger partial charge in [-0.2, -0.15) is 5.10 Å². The van der Waals surface area contributed by atoms with Crippen LogP contribution in [0.4, 0.5) is 10.3 Å². The maximum absolute atomic E-state index is 13.1. The van der Waals surface area contributed by atoms with Gasteiger partial charge in [0.2, 0.25) is 5.88 Å². The van der Waals surface area contributed by atoms with E-state index < -0.39 is 0 Å². The number of carbonyl (C=O) groups is 1. The summed E-state index contributed by atoms with van der Waals surface area (Å²) < 4.78 is 20.0. The molecule has 0 atom stereocenters. The molecule has 0 fully saturated rings. The number of carbonyl (C=O) groups excluding carboxylic acids is 1. The van der Waals surface area contributed by atoms with E-state index in [2.05, 4.69) is 22.5 Å². The Kier molecular flexibility index (Phi) is 4.95. The molecular weight excluding hydrogens is 371 g/mol. The lowest BCUT2D eigenvalue weighted by Crippen LogP contribution is -2.12. The second-order valence-electron chi connectivity index (χ2n) is 6.61. The van der Waals surface area contributed by atoms with Gasteiger partial charge in [0.05, 0.1) is 23.1 Å². The monoisotopic (exact) mass is 390 g/mol. The molecule has 1 N–H and O–H groups in total. The van der Waals surface area contributed by atoms with Crippen molar-refractivity contribution in [1.29, 1.82) is 0 Å². The number of nitrogens with zero attached hydrogens (tertiary/aromatic N) is 3. The SMILES string of the molecule is CCc1ccc(-c2cc(NC(=O)c3cnn(-c4ccc(F)cc4)c3C)on2)cc1. The van der Waals surface area contributed by atoms with Crippen molar-refractivity contribution < 1.29 is 13.7 Å². The van der Waals surface area contributed by atoms with Crippen molar-refractivity contribution in [2.24, 2.45) is 0 Å². The third-order valence-electron chi connectivity index (χ3n) is 4.73. The Morgan fingerprint density at radius 1 is 1.14 bits per heavy atom. The Bertz CT molecular complexity index is 1140. The van der Waals surface area contributed by atoms with Crippen LogP contribution < -0.4 is 5.32 Å². The largest absolute Gasteiger partial charge is 0.338 e. The molecule has 0 aliphatic heterocycles. The number of hydrogen-bond acceptors (Lipinski definition) is 4. The number of halogens is 1. The number of amides is 1. The zero-order valence-corrected chi connectivity index (χ0v) is 16.0. The van der Waals surface area contributed by atoms with Gasteiger partial charge in [-0.1, -0.05) is 36.3 Å². The highest BCUT2D eigenvalue weighted by atomic mass is 19.1. The first-order chi connectivity index (χ1) is 14.0. The van der Waals surface area contributed by atoms with Crippen LogP contribution in [0.2, 0.25) is 0 Å². The van der Waals surface area contributed by atoms with Crippen molar-refractivity contribution in [2.75, 3.05) is 5.32 Å². The number of anilines is 1. The highest BCUT2D eigenvalue weighted by Gasteiger charge is 2.17. The molecule has 0 aliphatic carbocycles. The number of aromatic nitrogens is 3. The molecule has 0 saturated carbocycles. The van der Waals surface area contributed by atoms with Gasteiger partial charge in [-0.15, -0.1) is 0 Å². The number of aryl methyl sites for hydroxylation is 1. The molecule has 0 aliphatic rings. The van der Waals surface area contributed by atoms with E-state index in [1.165, 1.54) is 23.9 Å². The molecule has 0 bridgehead atoms. The minimum atomic E-state index is -0.361. The van der Waals surface area contributed by atoms with Crippen LogP contribution >= 0.6 is 0 Å². The summed E-state index contributed by atoms with van der Waals surface area (Å²) in [6.45, 7) is 3.87. The second kappa shape index (κ2) is 7.71. The average Bonchev–Trinajstić information content (AvgIpc) is 3.35. The highest BCUT2D eigenvalue weighted by molar-refractivity contribution is 6.04. The Morgan fingerprint density at radius 3 is 2.55 bits per heavy atom. The van der Waals surface area contributed by atoms with Gasteiger partial charge in [0.25, 0.3) is 5.91 Å². The Labute approximate surface area is 167 Å². The van der Waals surface area contributed by atoms with Crippen LogP contribution in [0.1, 0.15) is 28.5 Å². The zero-order chi connectivity index (χ0) is 20.4. The van der Waals surface area contributed by atoms with Gasteiger partial charge >= 0.3 is 0 Å². The fourth-order valence-corrected chi connectivity index (χ4v) is 3.04. The highest BCUT2D eigenvalue weighted by Crippen LogP contribution is 2.23. The number of nitrogens with one attached hydrogen (secondary N) is 1. The van der Waals surface area contributed by atoms with Crippen LogP contribution in [0.25, 0.3) is 16.9 Å². The fourth-order valence-electron chi connectivity index (χ4n) is 3.04. The van der Waals surface area contributed by atoms with Crippen LogP contribution in [0.3, 0.4) is 0 Å². The summed E-state index contributed by atoms with van der Waals surface area (Å²) in [6.07, 6.45) is 2.43. The molecule has 29 heavy (non-hydrogen) atoms. The lowest BCUT2D eigenvalue weighted by atomic mass is 10.1. The van der Waals surface area contributed by atoms with Gasteiger partial charge in [-0.05, 0) is 43.2 Å². The third kappa shape index (κ3) is 3.80. The summed E-state index contributed by atoms with van der Waals surface area (Å²) in [5.74, 6) is -0.444. The molecule has 2 heterocycles. The second-order valence-corrected chi connectivity index (χ2v) is 6.61. The van der Waals surface area contributed by atoms with Crippen molar-refractivity contribution in [3.05, 3.63) is 83.4 Å². The van der Waals surface area contributed by atoms with Gasteiger partial charge in [0.15, 0.2) is 0 Å². The molecule has 1 amide bonds. The van der Waals surface area contributed by atoms with Crippen LogP contribution in [0.15, 0.2) is 65.3 Å². The lowest BCUT2D eigenvalue weighted by molar-refractivity contribution is 0.102. The number of benzene rings is 2. The molecule has 0 radical (unpaired) electrons. The Hall–Kier alpha value is -3.74. The quantitative estimate of drug-likeness (QED) is 0.532. The molecular formula is C22H19FN4O2. The van der Waals surface area contributed by atoms with Gasteiger partial charge < -0.3 is 4.52 Å². The first-order valence-electron chi connectivity index (χ1n) is 9.23. The predicted molar refractivity (Wildman–Crippen MR) is 108 cm³/mol. The van der Waals surface area contributed by atoms with Crippen LogP contribution in [0, 0.1) is 12.7 Å². The topological polar surface area (TPSA) is 73.0 Å². The minimum Gasteiger partial charge on any atom is -0.338 e. The first kappa shape index (κ1) is 18.6.